The second kappa shape index (κ2) is 3.03. The Bertz CT molecular complexity index is 187. The highest BCUT2D eigenvalue weighted by Crippen LogP contribution is 2.21. The molecule has 0 aliphatic heterocycles. The van der Waals surface area contributed by atoms with E-state index in [1.807, 2.05) is 6.92 Å². The molecule has 4 heteroatoms. The third-order valence-electron chi connectivity index (χ3n) is 0.828. The average Bonchev–Trinajstić information content (AvgIpc) is 2.17. The SMILES string of the molecule is CCNc1cnc(Cl)s1. The van der Waals surface area contributed by atoms with Gasteiger partial charge in [0.2, 0.25) is 0 Å². The van der Waals surface area contributed by atoms with E-state index in [0.29, 0.717) is 4.47 Å². The molecule has 0 unspecified atom stereocenters. The monoisotopic (exact) mass is 162 g/mol. The lowest BCUT2D eigenvalue weighted by Crippen LogP contribution is -1.92. The largest absolute Gasteiger partial charge is 0.376 e. The summed E-state index contributed by atoms with van der Waals surface area (Å²) in [4.78, 5) is 3.86. The van der Waals surface area contributed by atoms with Gasteiger partial charge in [-0.2, -0.15) is 0 Å². The minimum atomic E-state index is 0.589. The molecule has 1 N–H and O–H groups in total. The van der Waals surface area contributed by atoms with E-state index in [4.69, 9.17) is 11.6 Å². The van der Waals surface area contributed by atoms with E-state index < -0.39 is 0 Å². The van der Waals surface area contributed by atoms with Gasteiger partial charge < -0.3 is 5.32 Å². The van der Waals surface area contributed by atoms with Gasteiger partial charge >= 0.3 is 0 Å². The molecule has 1 rings (SSSR count). The van der Waals surface area contributed by atoms with E-state index in [-0.39, 0.29) is 0 Å². The predicted molar refractivity (Wildman–Crippen MR) is 41.3 cm³/mol. The maximum Gasteiger partial charge on any atom is 0.185 e. The highest BCUT2D eigenvalue weighted by molar-refractivity contribution is 7.19. The number of hydrogen-bond acceptors (Lipinski definition) is 3. The third kappa shape index (κ3) is 1.84. The molecule has 0 saturated heterocycles. The standard InChI is InChI=1S/C5H7ClN2S/c1-2-7-4-3-8-5(6)9-4/h3,7H,2H2,1H3. The van der Waals surface area contributed by atoms with Crippen LogP contribution in [0.1, 0.15) is 6.92 Å². The number of hydrogen-bond donors (Lipinski definition) is 1. The molecule has 1 aromatic heterocycles. The maximum atomic E-state index is 5.56. The van der Waals surface area contributed by atoms with Gasteiger partial charge in [-0.3, -0.25) is 0 Å². The molecule has 50 valence electrons. The first-order valence-electron chi connectivity index (χ1n) is 2.68. The van der Waals surface area contributed by atoms with Crippen LogP contribution in [0.5, 0.6) is 0 Å². The summed E-state index contributed by atoms with van der Waals surface area (Å²) in [5.74, 6) is 0. The molecule has 1 heterocycles. The van der Waals surface area contributed by atoms with Crippen LogP contribution in [-0.2, 0) is 0 Å². The number of aromatic nitrogens is 1. The van der Waals surface area contributed by atoms with Gasteiger partial charge in [0, 0.05) is 6.54 Å². The van der Waals surface area contributed by atoms with Crippen molar-refractivity contribution in [3.63, 3.8) is 0 Å². The molecule has 0 fully saturated rings. The summed E-state index contributed by atoms with van der Waals surface area (Å²) in [5.41, 5.74) is 0. The van der Waals surface area contributed by atoms with E-state index in [1.165, 1.54) is 11.3 Å². The van der Waals surface area contributed by atoms with Gasteiger partial charge in [0.05, 0.1) is 6.20 Å². The van der Waals surface area contributed by atoms with Crippen LogP contribution in [-0.4, -0.2) is 11.5 Å². The van der Waals surface area contributed by atoms with Crippen LogP contribution in [0.2, 0.25) is 4.47 Å². The number of anilines is 1. The number of halogens is 1. The van der Waals surface area contributed by atoms with E-state index in [9.17, 15) is 0 Å². The van der Waals surface area contributed by atoms with Crippen molar-refractivity contribution in [3.8, 4) is 0 Å². The Morgan fingerprint density at radius 2 is 2.67 bits per heavy atom. The third-order valence-corrected chi connectivity index (χ3v) is 1.90. The Morgan fingerprint density at radius 1 is 1.89 bits per heavy atom. The summed E-state index contributed by atoms with van der Waals surface area (Å²) in [6, 6.07) is 0. The zero-order valence-corrected chi connectivity index (χ0v) is 6.59. The van der Waals surface area contributed by atoms with Crippen molar-refractivity contribution in [2.24, 2.45) is 0 Å². The molecule has 0 aliphatic rings. The van der Waals surface area contributed by atoms with Crippen molar-refractivity contribution >= 4 is 27.9 Å². The summed E-state index contributed by atoms with van der Waals surface area (Å²) in [6.45, 7) is 2.95. The van der Waals surface area contributed by atoms with Gasteiger partial charge in [0.25, 0.3) is 0 Å². The minimum absolute atomic E-state index is 0.589. The quantitative estimate of drug-likeness (QED) is 0.722. The van der Waals surface area contributed by atoms with Gasteiger partial charge in [0.15, 0.2) is 4.47 Å². The number of rotatable bonds is 2. The van der Waals surface area contributed by atoms with Crippen LogP contribution in [0.15, 0.2) is 6.20 Å². The predicted octanol–water partition coefficient (Wildman–Crippen LogP) is 2.23. The smallest absolute Gasteiger partial charge is 0.185 e. The lowest BCUT2D eigenvalue weighted by atomic mass is 10.7. The Hall–Kier alpha value is -0.280. The Morgan fingerprint density at radius 3 is 3.11 bits per heavy atom. The van der Waals surface area contributed by atoms with Crippen molar-refractivity contribution < 1.29 is 0 Å². The zero-order valence-electron chi connectivity index (χ0n) is 5.02. The molecule has 0 radical (unpaired) electrons. The molecule has 0 saturated carbocycles. The molecule has 0 amide bonds. The molecule has 9 heavy (non-hydrogen) atoms. The van der Waals surface area contributed by atoms with Crippen molar-refractivity contribution in [1.29, 1.82) is 0 Å². The Kier molecular flexibility index (Phi) is 2.30. The van der Waals surface area contributed by atoms with Gasteiger partial charge in [-0.25, -0.2) is 4.98 Å². The molecular weight excluding hydrogens is 156 g/mol. The maximum absolute atomic E-state index is 5.56. The average molecular weight is 163 g/mol. The summed E-state index contributed by atoms with van der Waals surface area (Å²) in [7, 11) is 0. The molecular formula is C5H7ClN2S. The van der Waals surface area contributed by atoms with Crippen molar-refractivity contribution in [1.82, 2.24) is 4.98 Å². The topological polar surface area (TPSA) is 24.9 Å². The van der Waals surface area contributed by atoms with Gasteiger partial charge in [-0.15, -0.1) is 0 Å². The normalized spacial score (nSPS) is 9.56. The van der Waals surface area contributed by atoms with E-state index in [0.717, 1.165) is 11.5 Å². The fourth-order valence-corrected chi connectivity index (χ4v) is 1.42. The van der Waals surface area contributed by atoms with Crippen molar-refractivity contribution in [2.75, 3.05) is 11.9 Å². The first kappa shape index (κ1) is 6.83. The highest BCUT2D eigenvalue weighted by atomic mass is 35.5. The number of thiazole rings is 1. The van der Waals surface area contributed by atoms with Gasteiger partial charge in [-0.05, 0) is 6.92 Å². The Labute approximate surface area is 62.9 Å². The van der Waals surface area contributed by atoms with Crippen LogP contribution in [0.4, 0.5) is 5.00 Å². The van der Waals surface area contributed by atoms with E-state index in [2.05, 4.69) is 10.3 Å². The number of nitrogens with one attached hydrogen (secondary N) is 1. The lowest BCUT2D eigenvalue weighted by Gasteiger charge is -1.92. The zero-order chi connectivity index (χ0) is 6.69. The lowest BCUT2D eigenvalue weighted by molar-refractivity contribution is 1.22. The van der Waals surface area contributed by atoms with Crippen LogP contribution in [0.3, 0.4) is 0 Å². The summed E-state index contributed by atoms with van der Waals surface area (Å²) in [5, 5.41) is 4.13. The summed E-state index contributed by atoms with van der Waals surface area (Å²) < 4.78 is 0.589. The van der Waals surface area contributed by atoms with E-state index in [1.54, 1.807) is 6.20 Å². The molecule has 0 aromatic carbocycles. The minimum Gasteiger partial charge on any atom is -0.376 e. The summed E-state index contributed by atoms with van der Waals surface area (Å²) >= 11 is 7.02. The van der Waals surface area contributed by atoms with Crippen LogP contribution in [0, 0.1) is 0 Å². The van der Waals surface area contributed by atoms with Crippen LogP contribution >= 0.6 is 22.9 Å². The molecule has 0 bridgehead atoms. The van der Waals surface area contributed by atoms with Crippen molar-refractivity contribution in [2.45, 2.75) is 6.92 Å². The van der Waals surface area contributed by atoms with Gasteiger partial charge in [0.1, 0.15) is 5.00 Å². The van der Waals surface area contributed by atoms with Crippen molar-refractivity contribution in [3.05, 3.63) is 10.7 Å². The second-order valence-corrected chi connectivity index (χ2v) is 3.12. The first-order valence-corrected chi connectivity index (χ1v) is 3.87. The van der Waals surface area contributed by atoms with Gasteiger partial charge in [-0.1, -0.05) is 22.9 Å². The van der Waals surface area contributed by atoms with Crippen LogP contribution < -0.4 is 5.32 Å². The molecule has 0 aliphatic carbocycles. The molecule has 1 aromatic rings. The second-order valence-electron chi connectivity index (χ2n) is 1.51. The summed E-state index contributed by atoms with van der Waals surface area (Å²) in [6.07, 6.45) is 1.73. The molecule has 2 nitrogen and oxygen atoms in total. The fourth-order valence-electron chi connectivity index (χ4n) is 0.509. The fraction of sp³-hybridized carbons (Fsp3) is 0.400. The Balaban J connectivity index is 2.61. The van der Waals surface area contributed by atoms with Crippen LogP contribution in [0.25, 0.3) is 0 Å². The molecule has 0 atom stereocenters. The first-order chi connectivity index (χ1) is 4.33. The van der Waals surface area contributed by atoms with E-state index >= 15 is 0 Å². The molecule has 0 spiro atoms. The number of nitrogens with zero attached hydrogens (tertiary/aromatic N) is 1. The highest BCUT2D eigenvalue weighted by Gasteiger charge is 1.94.